The van der Waals surface area contributed by atoms with Crippen molar-refractivity contribution >= 4 is 28.9 Å². The molecule has 1 saturated heterocycles. The molecule has 3 aromatic rings. The third-order valence-corrected chi connectivity index (χ3v) is 8.97. The molecular formula is C28H33F4N7OS. The molecule has 8 nitrogen and oxygen atoms in total. The Bertz CT molecular complexity index is 1530. The van der Waals surface area contributed by atoms with Gasteiger partial charge < -0.3 is 16.0 Å². The molecule has 5 rings (SSSR count). The first-order valence-corrected chi connectivity index (χ1v) is 14.5. The number of hydrogen-bond donors (Lipinski definition) is 4. The summed E-state index contributed by atoms with van der Waals surface area (Å²) in [6, 6.07) is 9.26. The maximum absolute atomic E-state index is 15.2. The van der Waals surface area contributed by atoms with E-state index < -0.39 is 45.3 Å². The number of benzene rings is 1. The van der Waals surface area contributed by atoms with Crippen molar-refractivity contribution in [3.8, 4) is 5.69 Å². The minimum atomic E-state index is -4.79. The van der Waals surface area contributed by atoms with Crippen LogP contribution in [0.5, 0.6) is 0 Å². The molecule has 1 aromatic carbocycles. The summed E-state index contributed by atoms with van der Waals surface area (Å²) in [6.45, 7) is 5.72. The fourth-order valence-corrected chi connectivity index (χ4v) is 6.10. The molecule has 1 fully saturated rings. The molecule has 0 spiro atoms. The van der Waals surface area contributed by atoms with Gasteiger partial charge in [0, 0.05) is 29.9 Å². The monoisotopic (exact) mass is 591 g/mol. The molecule has 3 atom stereocenters. The van der Waals surface area contributed by atoms with E-state index in [1.807, 2.05) is 0 Å². The van der Waals surface area contributed by atoms with Gasteiger partial charge in [0.05, 0.1) is 38.2 Å². The summed E-state index contributed by atoms with van der Waals surface area (Å²) in [6.07, 6.45) is 1.57. The van der Waals surface area contributed by atoms with E-state index in [9.17, 15) is 8.60 Å². The smallest absolute Gasteiger partial charge is 0.367 e. The van der Waals surface area contributed by atoms with Crippen LogP contribution < -0.4 is 31.2 Å². The lowest BCUT2D eigenvalue weighted by atomic mass is 9.75. The fourth-order valence-electron chi connectivity index (χ4n) is 5.12. The summed E-state index contributed by atoms with van der Waals surface area (Å²) < 4.78 is 76.9. The van der Waals surface area contributed by atoms with Crippen LogP contribution in [0, 0.1) is 11.7 Å². The van der Waals surface area contributed by atoms with Gasteiger partial charge in [0.25, 0.3) is 0 Å². The molecule has 0 aliphatic carbocycles. The lowest BCUT2D eigenvalue weighted by molar-refractivity contribution is -0.215. The lowest BCUT2D eigenvalue weighted by Gasteiger charge is -2.44. The Hall–Kier alpha value is -3.29. The molecule has 2 aliphatic rings. The Morgan fingerprint density at radius 1 is 1.10 bits per heavy atom. The minimum Gasteiger partial charge on any atom is -0.367 e. The highest BCUT2D eigenvalue weighted by Gasteiger charge is 2.62. The number of alkyl halides is 3. The average Bonchev–Trinajstić information content (AvgIpc) is 3.47. The normalized spacial score (nSPS) is 20.1. The number of halogens is 4. The summed E-state index contributed by atoms with van der Waals surface area (Å²) in [5.74, 6) is -1.40. The molecular weight excluding hydrogens is 558 g/mol. The number of piperidine rings is 1. The van der Waals surface area contributed by atoms with E-state index in [-0.39, 0.29) is 24.2 Å². The number of aromatic nitrogens is 3. The first kappa shape index (κ1) is 29.2. The quantitative estimate of drug-likeness (QED) is 0.316. The number of rotatable bonds is 7. The van der Waals surface area contributed by atoms with Crippen LogP contribution in [0.3, 0.4) is 0 Å². The van der Waals surface area contributed by atoms with Gasteiger partial charge in [0.15, 0.2) is 5.54 Å². The van der Waals surface area contributed by atoms with Gasteiger partial charge in [0.1, 0.15) is 12.0 Å². The van der Waals surface area contributed by atoms with Crippen LogP contribution in [0.4, 0.5) is 23.2 Å². The third kappa shape index (κ3) is 5.88. The molecule has 41 heavy (non-hydrogen) atoms. The summed E-state index contributed by atoms with van der Waals surface area (Å²) in [5, 5.41) is 14.2. The second kappa shape index (κ2) is 11.2. The van der Waals surface area contributed by atoms with Gasteiger partial charge in [-0.2, -0.15) is 18.3 Å². The average molecular weight is 592 g/mol. The maximum atomic E-state index is 15.2. The molecule has 220 valence electrons. The van der Waals surface area contributed by atoms with Crippen molar-refractivity contribution in [2.45, 2.75) is 56.2 Å². The molecule has 0 bridgehead atoms. The molecule has 4 N–H and O–H groups in total. The van der Waals surface area contributed by atoms with E-state index in [2.05, 4.69) is 30.8 Å². The van der Waals surface area contributed by atoms with E-state index in [1.165, 1.54) is 16.8 Å². The predicted octanol–water partition coefficient (Wildman–Crippen LogP) is 2.78. The van der Waals surface area contributed by atoms with Crippen LogP contribution in [0.15, 0.2) is 48.8 Å². The second-order valence-electron chi connectivity index (χ2n) is 11.2. The molecule has 0 radical (unpaired) electrons. The van der Waals surface area contributed by atoms with Crippen molar-refractivity contribution < 1.29 is 21.8 Å². The Morgan fingerprint density at radius 3 is 2.49 bits per heavy atom. The van der Waals surface area contributed by atoms with Crippen molar-refractivity contribution in [1.29, 1.82) is 0 Å². The molecule has 0 amide bonds. The van der Waals surface area contributed by atoms with Crippen molar-refractivity contribution in [3.63, 3.8) is 0 Å². The third-order valence-electron chi connectivity index (χ3n) is 7.35. The van der Waals surface area contributed by atoms with Crippen LogP contribution in [-0.2, 0) is 16.5 Å². The first-order chi connectivity index (χ1) is 19.4. The summed E-state index contributed by atoms with van der Waals surface area (Å²) in [5.41, 5.74) is -2.13. The molecule has 0 saturated carbocycles. The van der Waals surface area contributed by atoms with E-state index in [4.69, 9.17) is 0 Å². The zero-order valence-corrected chi connectivity index (χ0v) is 23.7. The standard InChI is InChI=1S/C28H33F4N7OS/c1-26(2,3)41(40)38-27(28(30,31)32,19-9-12-33-13-10-19)24-8-5-18-17-34-25(16-23(18)36-24)37-22-7-6-20(15-21(22)29)39-14-4-11-35-39/h4-8,11,14-17,19,25,33-34,37-38H,9-10,12-13H2,1-3H3. The van der Waals surface area contributed by atoms with Crippen LogP contribution in [0.1, 0.15) is 39.3 Å². The number of anilines is 1. The zero-order valence-electron chi connectivity index (χ0n) is 22.9. The molecule has 13 heteroatoms. The molecule has 4 heterocycles. The number of pyridine rings is 1. The van der Waals surface area contributed by atoms with Crippen LogP contribution >= 0.6 is 0 Å². The predicted molar refractivity (Wildman–Crippen MR) is 151 cm³/mol. The Balaban J connectivity index is 1.52. The summed E-state index contributed by atoms with van der Waals surface area (Å²) in [4.78, 5) is 4.52. The topological polar surface area (TPSA) is 95.9 Å². The number of fused-ring (bicyclic) bond motifs is 1. The van der Waals surface area contributed by atoms with Gasteiger partial charge in [-0.15, -0.1) is 0 Å². The van der Waals surface area contributed by atoms with Crippen molar-refractivity contribution in [3.05, 3.63) is 70.9 Å². The SMILES string of the molecule is CC(C)(C)S(=O)NC(c1ccc2c(n1)=CC(Nc1ccc(-n3cccn3)cc1F)NC=2)(C1CCNCC1)C(F)(F)F. The van der Waals surface area contributed by atoms with Crippen LogP contribution in [0.2, 0.25) is 0 Å². The van der Waals surface area contributed by atoms with Crippen LogP contribution in [0.25, 0.3) is 18.0 Å². The van der Waals surface area contributed by atoms with E-state index in [1.54, 1.807) is 69.7 Å². The van der Waals surface area contributed by atoms with E-state index >= 15 is 13.2 Å². The number of nitrogens with one attached hydrogen (secondary N) is 4. The van der Waals surface area contributed by atoms with Crippen molar-refractivity contribution in [1.82, 2.24) is 30.1 Å². The fraction of sp³-hybridized carbons (Fsp3) is 0.429. The van der Waals surface area contributed by atoms with Crippen LogP contribution in [-0.4, -0.2) is 49.2 Å². The van der Waals surface area contributed by atoms with Crippen molar-refractivity contribution in [2.75, 3.05) is 18.4 Å². The van der Waals surface area contributed by atoms with Gasteiger partial charge in [-0.25, -0.2) is 18.0 Å². The Morgan fingerprint density at radius 2 is 1.85 bits per heavy atom. The van der Waals surface area contributed by atoms with Gasteiger partial charge in [-0.1, -0.05) is 0 Å². The highest BCUT2D eigenvalue weighted by Crippen LogP contribution is 2.47. The molecule has 2 aliphatic heterocycles. The van der Waals surface area contributed by atoms with E-state index in [0.717, 1.165) is 0 Å². The first-order valence-electron chi connectivity index (χ1n) is 13.4. The Labute approximate surface area is 237 Å². The van der Waals surface area contributed by atoms with Gasteiger partial charge in [0.2, 0.25) is 0 Å². The highest BCUT2D eigenvalue weighted by molar-refractivity contribution is 7.84. The molecule has 2 aromatic heterocycles. The number of hydrogen-bond acceptors (Lipinski definition) is 6. The summed E-state index contributed by atoms with van der Waals surface area (Å²) >= 11 is 0. The second-order valence-corrected chi connectivity index (χ2v) is 13.2. The lowest BCUT2D eigenvalue weighted by Crippen LogP contribution is -2.63. The Kier molecular flexibility index (Phi) is 7.96. The molecule has 3 unspecified atom stereocenters. The maximum Gasteiger partial charge on any atom is 0.413 e. The summed E-state index contributed by atoms with van der Waals surface area (Å²) in [7, 11) is -2.03. The minimum absolute atomic E-state index is 0.198. The highest BCUT2D eigenvalue weighted by atomic mass is 32.2. The van der Waals surface area contributed by atoms with Crippen molar-refractivity contribution in [2.24, 2.45) is 5.92 Å². The zero-order chi connectivity index (χ0) is 29.4. The largest absolute Gasteiger partial charge is 0.413 e. The number of nitrogens with zero attached hydrogens (tertiary/aromatic N) is 3. The van der Waals surface area contributed by atoms with Gasteiger partial charge in [-0.3, -0.25) is 4.98 Å². The van der Waals surface area contributed by atoms with E-state index in [0.29, 0.717) is 29.3 Å². The van der Waals surface area contributed by atoms with Gasteiger partial charge in [-0.05, 0) is 89.0 Å². The van der Waals surface area contributed by atoms with Gasteiger partial charge >= 0.3 is 6.18 Å².